The summed E-state index contributed by atoms with van der Waals surface area (Å²) in [5.74, 6) is 0. The zero-order valence-corrected chi connectivity index (χ0v) is 9.58. The van der Waals surface area contributed by atoms with E-state index in [2.05, 4.69) is 0 Å². The molecule has 2 N–H and O–H groups in total. The first-order valence-corrected chi connectivity index (χ1v) is 5.72. The molecule has 0 saturated heterocycles. The van der Waals surface area contributed by atoms with Crippen molar-refractivity contribution >= 4 is 0 Å². The van der Waals surface area contributed by atoms with E-state index in [4.69, 9.17) is 0 Å². The number of hydrogen-bond acceptors (Lipinski definition) is 2. The zero-order chi connectivity index (χ0) is 12.1. The summed E-state index contributed by atoms with van der Waals surface area (Å²) >= 11 is 0. The highest BCUT2D eigenvalue weighted by molar-refractivity contribution is 5.29. The Bertz CT molecular complexity index is 465. The monoisotopic (exact) mass is 228 g/mol. The molecule has 0 aliphatic carbocycles. The van der Waals surface area contributed by atoms with Crippen LogP contribution in [0, 0.1) is 0 Å². The third kappa shape index (κ3) is 2.93. The van der Waals surface area contributed by atoms with Crippen molar-refractivity contribution < 1.29 is 10.2 Å². The minimum atomic E-state index is -0.524. The van der Waals surface area contributed by atoms with Crippen LogP contribution in [0.2, 0.25) is 0 Å². The van der Waals surface area contributed by atoms with E-state index in [1.807, 2.05) is 54.6 Å². The van der Waals surface area contributed by atoms with Gasteiger partial charge in [-0.1, -0.05) is 54.6 Å². The van der Waals surface area contributed by atoms with E-state index in [9.17, 15) is 10.2 Å². The molecule has 2 nitrogen and oxygen atoms in total. The average molecular weight is 228 g/mol. The van der Waals surface area contributed by atoms with Gasteiger partial charge in [-0.2, -0.15) is 0 Å². The summed E-state index contributed by atoms with van der Waals surface area (Å²) in [6.45, 7) is 0.0116. The number of hydrogen-bond donors (Lipinski definition) is 2. The molecule has 0 fully saturated rings. The first-order valence-electron chi connectivity index (χ1n) is 5.72. The Kier molecular flexibility index (Phi) is 3.91. The quantitative estimate of drug-likeness (QED) is 0.844. The Labute approximate surface area is 101 Å². The fourth-order valence-corrected chi connectivity index (χ4v) is 1.91. The fourth-order valence-electron chi connectivity index (χ4n) is 1.91. The maximum atomic E-state index is 10.1. The van der Waals surface area contributed by atoms with Crippen LogP contribution in [0.15, 0.2) is 54.6 Å². The van der Waals surface area contributed by atoms with Crippen molar-refractivity contribution in [3.63, 3.8) is 0 Å². The summed E-state index contributed by atoms with van der Waals surface area (Å²) < 4.78 is 0. The third-order valence-corrected chi connectivity index (χ3v) is 2.89. The van der Waals surface area contributed by atoms with E-state index < -0.39 is 6.10 Å². The summed E-state index contributed by atoms with van der Waals surface area (Å²) in [5.41, 5.74) is 2.77. The number of aliphatic hydroxyl groups is 2. The van der Waals surface area contributed by atoms with Crippen LogP contribution in [0.1, 0.15) is 22.8 Å². The van der Waals surface area contributed by atoms with Crippen LogP contribution in [0.3, 0.4) is 0 Å². The Morgan fingerprint density at radius 1 is 0.824 bits per heavy atom. The van der Waals surface area contributed by atoms with Gasteiger partial charge in [0.25, 0.3) is 0 Å². The lowest BCUT2D eigenvalue weighted by Crippen LogP contribution is -2.04. The van der Waals surface area contributed by atoms with E-state index >= 15 is 0 Å². The molecule has 2 rings (SSSR count). The van der Waals surface area contributed by atoms with E-state index in [1.165, 1.54) is 0 Å². The summed E-state index contributed by atoms with van der Waals surface area (Å²) in [6.07, 6.45) is 0.00435. The molecule has 0 unspecified atom stereocenters. The second-order valence-electron chi connectivity index (χ2n) is 4.06. The zero-order valence-electron chi connectivity index (χ0n) is 9.58. The SMILES string of the molecule is OCc1ccccc1C[C@H](O)c1ccccc1. The van der Waals surface area contributed by atoms with Gasteiger partial charge in [-0.25, -0.2) is 0 Å². The smallest absolute Gasteiger partial charge is 0.0830 e. The molecule has 17 heavy (non-hydrogen) atoms. The van der Waals surface area contributed by atoms with Crippen molar-refractivity contribution in [2.45, 2.75) is 19.1 Å². The molecule has 0 aliphatic rings. The number of aliphatic hydroxyl groups excluding tert-OH is 2. The van der Waals surface area contributed by atoms with Gasteiger partial charge in [-0.15, -0.1) is 0 Å². The van der Waals surface area contributed by atoms with Gasteiger partial charge in [0.2, 0.25) is 0 Å². The second-order valence-corrected chi connectivity index (χ2v) is 4.06. The lowest BCUT2D eigenvalue weighted by atomic mass is 9.98. The maximum absolute atomic E-state index is 10.1. The molecular weight excluding hydrogens is 212 g/mol. The second kappa shape index (κ2) is 5.62. The van der Waals surface area contributed by atoms with Crippen LogP contribution < -0.4 is 0 Å². The number of benzene rings is 2. The van der Waals surface area contributed by atoms with Gasteiger partial charge in [0.15, 0.2) is 0 Å². The third-order valence-electron chi connectivity index (χ3n) is 2.89. The summed E-state index contributed by atoms with van der Waals surface area (Å²) in [5, 5.41) is 19.3. The molecule has 0 aromatic heterocycles. The Hall–Kier alpha value is -1.64. The minimum absolute atomic E-state index is 0.0116. The first kappa shape index (κ1) is 11.8. The van der Waals surface area contributed by atoms with Crippen LogP contribution in [-0.4, -0.2) is 10.2 Å². The molecule has 1 atom stereocenters. The van der Waals surface area contributed by atoms with Crippen molar-refractivity contribution in [1.82, 2.24) is 0 Å². The van der Waals surface area contributed by atoms with Crippen molar-refractivity contribution in [3.05, 3.63) is 71.3 Å². The molecule has 88 valence electrons. The molecule has 0 radical (unpaired) electrons. The van der Waals surface area contributed by atoms with Crippen molar-refractivity contribution in [1.29, 1.82) is 0 Å². The molecule has 0 heterocycles. The molecular formula is C15H16O2. The molecule has 0 spiro atoms. The fraction of sp³-hybridized carbons (Fsp3) is 0.200. The van der Waals surface area contributed by atoms with Crippen LogP contribution >= 0.6 is 0 Å². The molecule has 2 heteroatoms. The van der Waals surface area contributed by atoms with Crippen LogP contribution in [-0.2, 0) is 13.0 Å². The largest absolute Gasteiger partial charge is 0.392 e. The highest BCUT2D eigenvalue weighted by Crippen LogP contribution is 2.20. The normalized spacial score (nSPS) is 12.4. The predicted octanol–water partition coefficient (Wildman–Crippen LogP) is 2.46. The standard InChI is InChI=1S/C15H16O2/c16-11-14-9-5-4-8-13(14)10-15(17)12-6-2-1-3-7-12/h1-9,15-17H,10-11H2/t15-/m0/s1. The highest BCUT2D eigenvalue weighted by Gasteiger charge is 2.10. The molecule has 0 saturated carbocycles. The number of rotatable bonds is 4. The molecule has 2 aromatic rings. The lowest BCUT2D eigenvalue weighted by Gasteiger charge is -2.13. The topological polar surface area (TPSA) is 40.5 Å². The van der Waals surface area contributed by atoms with Gasteiger partial charge in [-0.3, -0.25) is 0 Å². The summed E-state index contributed by atoms with van der Waals surface area (Å²) in [7, 11) is 0. The average Bonchev–Trinajstić information content (AvgIpc) is 2.40. The van der Waals surface area contributed by atoms with Crippen molar-refractivity contribution in [2.24, 2.45) is 0 Å². The van der Waals surface area contributed by atoms with Crippen LogP contribution in [0.25, 0.3) is 0 Å². The van der Waals surface area contributed by atoms with E-state index in [0.717, 1.165) is 16.7 Å². The Morgan fingerprint density at radius 2 is 1.41 bits per heavy atom. The highest BCUT2D eigenvalue weighted by atomic mass is 16.3. The van der Waals surface area contributed by atoms with E-state index in [-0.39, 0.29) is 6.61 Å². The van der Waals surface area contributed by atoms with E-state index in [0.29, 0.717) is 6.42 Å². The Balaban J connectivity index is 2.16. The Morgan fingerprint density at radius 3 is 2.06 bits per heavy atom. The van der Waals surface area contributed by atoms with Gasteiger partial charge >= 0.3 is 0 Å². The van der Waals surface area contributed by atoms with Gasteiger partial charge in [0, 0.05) is 6.42 Å². The molecule has 2 aromatic carbocycles. The van der Waals surface area contributed by atoms with Gasteiger partial charge < -0.3 is 10.2 Å². The maximum Gasteiger partial charge on any atom is 0.0830 e. The lowest BCUT2D eigenvalue weighted by molar-refractivity contribution is 0.177. The van der Waals surface area contributed by atoms with Gasteiger partial charge in [0.1, 0.15) is 0 Å². The van der Waals surface area contributed by atoms with Gasteiger partial charge in [0.05, 0.1) is 12.7 Å². The van der Waals surface area contributed by atoms with Crippen LogP contribution in [0.5, 0.6) is 0 Å². The van der Waals surface area contributed by atoms with E-state index in [1.54, 1.807) is 0 Å². The van der Waals surface area contributed by atoms with Crippen LogP contribution in [0.4, 0.5) is 0 Å². The summed E-state index contributed by atoms with van der Waals surface area (Å²) in [6, 6.07) is 17.2. The predicted molar refractivity (Wildman–Crippen MR) is 67.5 cm³/mol. The summed E-state index contributed by atoms with van der Waals surface area (Å²) in [4.78, 5) is 0. The molecule has 0 bridgehead atoms. The van der Waals surface area contributed by atoms with Gasteiger partial charge in [-0.05, 0) is 16.7 Å². The minimum Gasteiger partial charge on any atom is -0.392 e. The molecule has 0 aliphatic heterocycles. The first-order chi connectivity index (χ1) is 8.31. The molecule has 0 amide bonds. The van der Waals surface area contributed by atoms with Crippen molar-refractivity contribution in [3.8, 4) is 0 Å². The van der Waals surface area contributed by atoms with Crippen molar-refractivity contribution in [2.75, 3.05) is 0 Å².